The van der Waals surface area contributed by atoms with Gasteiger partial charge < -0.3 is 20.0 Å². The van der Waals surface area contributed by atoms with Gasteiger partial charge in [0.2, 0.25) is 0 Å². The van der Waals surface area contributed by atoms with Crippen LogP contribution in [0, 0.1) is 0 Å². The summed E-state index contributed by atoms with van der Waals surface area (Å²) in [7, 11) is 0. The Hall–Kier alpha value is -2.59. The van der Waals surface area contributed by atoms with Gasteiger partial charge in [-0.3, -0.25) is 0 Å². The number of hydrazone groups is 1. The fourth-order valence-corrected chi connectivity index (χ4v) is 1.98. The van der Waals surface area contributed by atoms with Gasteiger partial charge in [0.05, 0.1) is 19.4 Å². The number of rotatable bonds is 6. The fraction of sp³-hybridized carbons (Fsp3) is 0.200. The van der Waals surface area contributed by atoms with Crippen molar-refractivity contribution in [3.63, 3.8) is 0 Å². The van der Waals surface area contributed by atoms with E-state index in [1.54, 1.807) is 12.1 Å². The summed E-state index contributed by atoms with van der Waals surface area (Å²) >= 11 is 4.79. The van der Waals surface area contributed by atoms with Crippen molar-refractivity contribution in [3.8, 4) is 17.1 Å². The Bertz CT molecular complexity index is 744. The molecule has 0 saturated carbocycles. The quantitative estimate of drug-likeness (QED) is 0.460. The van der Waals surface area contributed by atoms with Crippen LogP contribution in [0.2, 0.25) is 0 Å². The molecule has 6 nitrogen and oxygen atoms in total. The van der Waals surface area contributed by atoms with Crippen molar-refractivity contribution in [1.82, 2.24) is 5.01 Å². The second-order valence-electron chi connectivity index (χ2n) is 4.70. The predicted molar refractivity (Wildman–Crippen MR) is 89.0 cm³/mol. The SMILES string of the molecule is NC(=S)N(CCO)/N=C/c1ccc(-c2ccc(OC(F)(F)F)cc2)o1. The summed E-state index contributed by atoms with van der Waals surface area (Å²) in [4.78, 5) is 0. The zero-order valence-corrected chi connectivity index (χ0v) is 13.5. The van der Waals surface area contributed by atoms with E-state index in [2.05, 4.69) is 9.84 Å². The smallest absolute Gasteiger partial charge is 0.455 e. The van der Waals surface area contributed by atoms with Crippen LogP contribution in [0.4, 0.5) is 13.2 Å². The molecule has 0 radical (unpaired) electrons. The average molecular weight is 373 g/mol. The number of aliphatic hydroxyl groups is 1. The van der Waals surface area contributed by atoms with Crippen LogP contribution in [-0.4, -0.2) is 41.0 Å². The van der Waals surface area contributed by atoms with Gasteiger partial charge in [-0.05, 0) is 48.6 Å². The van der Waals surface area contributed by atoms with Gasteiger partial charge in [0.25, 0.3) is 0 Å². The third kappa shape index (κ3) is 5.76. The van der Waals surface area contributed by atoms with Gasteiger partial charge in [-0.2, -0.15) is 5.10 Å². The monoisotopic (exact) mass is 373 g/mol. The highest BCUT2D eigenvalue weighted by atomic mass is 32.1. The molecule has 0 atom stereocenters. The Labute approximate surface area is 146 Å². The van der Waals surface area contributed by atoms with Crippen LogP contribution in [0.3, 0.4) is 0 Å². The molecule has 0 fully saturated rings. The van der Waals surface area contributed by atoms with Crippen molar-refractivity contribution in [1.29, 1.82) is 0 Å². The lowest BCUT2D eigenvalue weighted by Crippen LogP contribution is -2.33. The van der Waals surface area contributed by atoms with Gasteiger partial charge >= 0.3 is 6.36 Å². The number of nitrogens with two attached hydrogens (primary N) is 1. The molecule has 0 spiro atoms. The van der Waals surface area contributed by atoms with Gasteiger partial charge in [-0.1, -0.05) is 0 Å². The number of benzene rings is 1. The molecule has 0 bridgehead atoms. The Balaban J connectivity index is 2.09. The first-order valence-electron chi connectivity index (χ1n) is 6.96. The van der Waals surface area contributed by atoms with Crippen LogP contribution < -0.4 is 10.5 Å². The minimum Gasteiger partial charge on any atom is -0.455 e. The molecule has 3 N–H and O–H groups in total. The largest absolute Gasteiger partial charge is 0.573 e. The van der Waals surface area contributed by atoms with E-state index in [0.717, 1.165) is 0 Å². The molecule has 25 heavy (non-hydrogen) atoms. The molecule has 0 amide bonds. The summed E-state index contributed by atoms with van der Waals surface area (Å²) in [6, 6.07) is 8.51. The maximum absolute atomic E-state index is 12.1. The predicted octanol–water partition coefficient (Wildman–Crippen LogP) is 2.72. The minimum absolute atomic E-state index is 0.00247. The van der Waals surface area contributed by atoms with E-state index >= 15 is 0 Å². The highest BCUT2D eigenvalue weighted by molar-refractivity contribution is 7.80. The normalized spacial score (nSPS) is 11.7. The Morgan fingerprint density at radius 2 is 1.96 bits per heavy atom. The molecule has 2 aromatic rings. The van der Waals surface area contributed by atoms with Crippen molar-refractivity contribution in [3.05, 3.63) is 42.2 Å². The lowest BCUT2D eigenvalue weighted by molar-refractivity contribution is -0.274. The maximum Gasteiger partial charge on any atom is 0.573 e. The standard InChI is InChI=1S/C15H14F3N3O3S/c16-15(17,18)24-11-3-1-10(2-4-11)13-6-5-12(23-13)9-20-21(7-8-22)14(19)25/h1-6,9,22H,7-8H2,(H2,19,25)/b20-9+. The van der Waals surface area contributed by atoms with Crippen LogP contribution in [0.1, 0.15) is 5.76 Å². The number of ether oxygens (including phenoxy) is 1. The second-order valence-corrected chi connectivity index (χ2v) is 5.12. The number of hydrogen-bond acceptors (Lipinski definition) is 5. The van der Waals surface area contributed by atoms with Crippen molar-refractivity contribution in [2.45, 2.75) is 6.36 Å². The van der Waals surface area contributed by atoms with Crippen LogP contribution in [-0.2, 0) is 0 Å². The van der Waals surface area contributed by atoms with E-state index in [9.17, 15) is 13.2 Å². The molecule has 1 aromatic heterocycles. The number of thiocarbonyl (C=S) groups is 1. The van der Waals surface area contributed by atoms with Gasteiger partial charge in [-0.25, -0.2) is 5.01 Å². The highest BCUT2D eigenvalue weighted by Crippen LogP contribution is 2.27. The summed E-state index contributed by atoms with van der Waals surface area (Å²) in [6.45, 7) is -0.0372. The second kappa shape index (κ2) is 7.99. The topological polar surface area (TPSA) is 84.2 Å². The lowest BCUT2D eigenvalue weighted by atomic mass is 10.2. The molecule has 0 aliphatic rings. The van der Waals surface area contributed by atoms with E-state index in [1.807, 2.05) is 0 Å². The number of nitrogens with zero attached hydrogens (tertiary/aromatic N) is 2. The molecule has 10 heteroatoms. The first-order valence-corrected chi connectivity index (χ1v) is 7.37. The molecular formula is C15H14F3N3O3S. The lowest BCUT2D eigenvalue weighted by Gasteiger charge is -2.14. The van der Waals surface area contributed by atoms with Gasteiger partial charge in [0.1, 0.15) is 17.3 Å². The van der Waals surface area contributed by atoms with Crippen LogP contribution >= 0.6 is 12.2 Å². The molecule has 2 rings (SSSR count). The number of hydrogen-bond donors (Lipinski definition) is 2. The third-order valence-corrected chi connectivity index (χ3v) is 3.10. The summed E-state index contributed by atoms with van der Waals surface area (Å²) in [5.74, 6) is 0.495. The molecular weight excluding hydrogens is 359 g/mol. The van der Waals surface area contributed by atoms with E-state index < -0.39 is 6.36 Å². The molecule has 134 valence electrons. The molecule has 0 unspecified atom stereocenters. The van der Waals surface area contributed by atoms with Gasteiger partial charge in [0, 0.05) is 5.56 Å². The zero-order chi connectivity index (χ0) is 18.4. The molecule has 1 heterocycles. The summed E-state index contributed by atoms with van der Waals surface area (Å²) in [5, 5.41) is 14.1. The van der Waals surface area contributed by atoms with Gasteiger partial charge in [-0.15, -0.1) is 13.2 Å². The third-order valence-electron chi connectivity index (χ3n) is 2.89. The molecule has 0 saturated heterocycles. The van der Waals surface area contributed by atoms with Crippen molar-refractivity contribution in [2.24, 2.45) is 10.8 Å². The van der Waals surface area contributed by atoms with Crippen molar-refractivity contribution in [2.75, 3.05) is 13.2 Å². The van der Waals surface area contributed by atoms with Gasteiger partial charge in [0.15, 0.2) is 5.11 Å². The number of furan rings is 1. The first-order chi connectivity index (χ1) is 11.8. The van der Waals surface area contributed by atoms with Crippen molar-refractivity contribution < 1.29 is 27.4 Å². The minimum atomic E-state index is -4.74. The first kappa shape index (κ1) is 18.7. The summed E-state index contributed by atoms with van der Waals surface area (Å²) < 4.78 is 45.8. The van der Waals surface area contributed by atoms with E-state index in [1.165, 1.54) is 35.5 Å². The van der Waals surface area contributed by atoms with Crippen LogP contribution in [0.15, 0.2) is 45.9 Å². The van der Waals surface area contributed by atoms with E-state index in [4.69, 9.17) is 27.5 Å². The molecule has 1 aromatic carbocycles. The number of halogens is 3. The van der Waals surface area contributed by atoms with Crippen LogP contribution in [0.5, 0.6) is 5.75 Å². The fourth-order valence-electron chi connectivity index (χ4n) is 1.84. The zero-order valence-electron chi connectivity index (χ0n) is 12.7. The van der Waals surface area contributed by atoms with Crippen molar-refractivity contribution >= 4 is 23.5 Å². The maximum atomic E-state index is 12.1. The van der Waals surface area contributed by atoms with E-state index in [0.29, 0.717) is 17.1 Å². The Morgan fingerprint density at radius 3 is 2.52 bits per heavy atom. The Kier molecular flexibility index (Phi) is 5.99. The van der Waals surface area contributed by atoms with Crippen LogP contribution in [0.25, 0.3) is 11.3 Å². The average Bonchev–Trinajstić information content (AvgIpc) is 2.99. The highest BCUT2D eigenvalue weighted by Gasteiger charge is 2.30. The summed E-state index contributed by atoms with van der Waals surface area (Å²) in [6.07, 6.45) is -3.38. The number of alkyl halides is 3. The summed E-state index contributed by atoms with van der Waals surface area (Å²) in [5.41, 5.74) is 6.02. The molecule has 0 aliphatic carbocycles. The number of aliphatic hydroxyl groups excluding tert-OH is 1. The Morgan fingerprint density at radius 1 is 1.28 bits per heavy atom. The van der Waals surface area contributed by atoms with E-state index in [-0.39, 0.29) is 24.0 Å². The molecule has 0 aliphatic heterocycles.